The van der Waals surface area contributed by atoms with Crippen molar-refractivity contribution >= 4 is 5.69 Å². The van der Waals surface area contributed by atoms with Gasteiger partial charge in [0.2, 0.25) is 0 Å². The molecule has 0 aromatic heterocycles. The van der Waals surface area contributed by atoms with Crippen LogP contribution in [0.25, 0.3) is 0 Å². The molecule has 2 rings (SSSR count). The van der Waals surface area contributed by atoms with Crippen molar-refractivity contribution in [3.8, 4) is 0 Å². The first-order chi connectivity index (χ1) is 12.1. The van der Waals surface area contributed by atoms with Crippen molar-refractivity contribution in [3.63, 3.8) is 0 Å². The number of aliphatic hydroxyl groups is 2. The molecule has 1 unspecified atom stereocenters. The average Bonchev–Trinajstić information content (AvgIpc) is 2.62. The van der Waals surface area contributed by atoms with E-state index in [1.807, 2.05) is 20.8 Å². The van der Waals surface area contributed by atoms with Crippen molar-refractivity contribution in [2.45, 2.75) is 77.3 Å². The second kappa shape index (κ2) is 8.17. The number of rotatable bonds is 6. The molecule has 1 aliphatic rings. The monoisotopic (exact) mass is 373 g/mol. The van der Waals surface area contributed by atoms with Gasteiger partial charge in [0.1, 0.15) is 0 Å². The molecule has 2 N–H and O–H groups in total. The van der Waals surface area contributed by atoms with Crippen molar-refractivity contribution in [1.82, 2.24) is 0 Å². The highest BCUT2D eigenvalue weighted by Crippen LogP contribution is 2.39. The highest BCUT2D eigenvalue weighted by atomic mass is 19.4. The summed E-state index contributed by atoms with van der Waals surface area (Å²) in [4.78, 5) is 2.10. The summed E-state index contributed by atoms with van der Waals surface area (Å²) in [5.74, 6) is 0.257. The Hall–Kier alpha value is -1.27. The predicted octanol–water partition coefficient (Wildman–Crippen LogP) is 4.74. The Morgan fingerprint density at radius 3 is 2.19 bits per heavy atom. The first-order valence-electron chi connectivity index (χ1n) is 9.44. The maximum absolute atomic E-state index is 12.9. The van der Waals surface area contributed by atoms with E-state index >= 15 is 0 Å². The maximum Gasteiger partial charge on any atom is 0.416 e. The number of hydrogen-bond donors (Lipinski definition) is 2. The number of aliphatic hydroxyl groups excluding tert-OH is 1. The molecule has 6 heteroatoms. The van der Waals surface area contributed by atoms with Gasteiger partial charge in [-0.1, -0.05) is 6.92 Å². The number of alkyl halides is 3. The molecule has 1 saturated carbocycles. The normalized spacial score (nSPS) is 23.5. The third-order valence-corrected chi connectivity index (χ3v) is 5.96. The zero-order valence-electron chi connectivity index (χ0n) is 15.8. The molecule has 0 bridgehead atoms. The molecule has 0 aliphatic heterocycles. The summed E-state index contributed by atoms with van der Waals surface area (Å²) in [7, 11) is 0. The van der Waals surface area contributed by atoms with Gasteiger partial charge in [0.25, 0.3) is 0 Å². The smallest absolute Gasteiger partial charge is 0.392 e. The molecule has 1 aromatic carbocycles. The predicted molar refractivity (Wildman–Crippen MR) is 97.0 cm³/mol. The third-order valence-electron chi connectivity index (χ3n) is 5.96. The van der Waals surface area contributed by atoms with E-state index in [1.54, 1.807) is 0 Å². The minimum Gasteiger partial charge on any atom is -0.392 e. The highest BCUT2D eigenvalue weighted by molar-refractivity contribution is 5.56. The molecule has 1 atom stereocenters. The van der Waals surface area contributed by atoms with Crippen LogP contribution in [0.5, 0.6) is 0 Å². The summed E-state index contributed by atoms with van der Waals surface area (Å²) in [5.41, 5.74) is -0.408. The first-order valence-corrected chi connectivity index (χ1v) is 9.44. The third kappa shape index (κ3) is 4.52. The fraction of sp³-hybridized carbons (Fsp3) is 0.700. The van der Waals surface area contributed by atoms with E-state index in [0.29, 0.717) is 24.2 Å². The zero-order chi connectivity index (χ0) is 19.5. The highest BCUT2D eigenvalue weighted by Gasteiger charge is 2.36. The lowest BCUT2D eigenvalue weighted by Crippen LogP contribution is -2.43. The topological polar surface area (TPSA) is 43.7 Å². The van der Waals surface area contributed by atoms with Gasteiger partial charge in [-0.25, -0.2) is 0 Å². The van der Waals surface area contributed by atoms with E-state index in [2.05, 4.69) is 4.90 Å². The Bertz CT molecular complexity index is 593. The van der Waals surface area contributed by atoms with Crippen LogP contribution in [0, 0.1) is 5.92 Å². The SMILES string of the molecule is CCN(c1ccc(C(F)(F)F)cc1CO)C1CCC(C(C)(O)CC)CC1. The average molecular weight is 373 g/mol. The minimum absolute atomic E-state index is 0.214. The van der Waals surface area contributed by atoms with Crippen LogP contribution in [0.15, 0.2) is 18.2 Å². The fourth-order valence-corrected chi connectivity index (χ4v) is 4.09. The van der Waals surface area contributed by atoms with Crippen molar-refractivity contribution in [3.05, 3.63) is 29.3 Å². The van der Waals surface area contributed by atoms with Crippen LogP contribution in [0.1, 0.15) is 64.0 Å². The Morgan fingerprint density at radius 2 is 1.73 bits per heavy atom. The minimum atomic E-state index is -4.41. The van der Waals surface area contributed by atoms with Crippen LogP contribution in [0.2, 0.25) is 0 Å². The van der Waals surface area contributed by atoms with Crippen LogP contribution in [0.4, 0.5) is 18.9 Å². The van der Waals surface area contributed by atoms with Crippen LogP contribution in [0.3, 0.4) is 0 Å². The van der Waals surface area contributed by atoms with E-state index < -0.39 is 23.9 Å². The van der Waals surface area contributed by atoms with Gasteiger partial charge in [-0.15, -0.1) is 0 Å². The summed E-state index contributed by atoms with van der Waals surface area (Å²) in [6.45, 7) is 6.09. The summed E-state index contributed by atoms with van der Waals surface area (Å²) >= 11 is 0. The fourth-order valence-electron chi connectivity index (χ4n) is 4.09. The lowest BCUT2D eigenvalue weighted by atomic mass is 9.75. The lowest BCUT2D eigenvalue weighted by Gasteiger charge is -2.42. The number of nitrogens with zero attached hydrogens (tertiary/aromatic N) is 1. The van der Waals surface area contributed by atoms with Gasteiger partial charge in [0, 0.05) is 23.8 Å². The molecule has 0 amide bonds. The molecule has 26 heavy (non-hydrogen) atoms. The van der Waals surface area contributed by atoms with Gasteiger partial charge in [-0.05, 0) is 70.1 Å². The molecule has 1 fully saturated rings. The molecular weight excluding hydrogens is 343 g/mol. The first kappa shape index (κ1) is 21.0. The van der Waals surface area contributed by atoms with E-state index in [9.17, 15) is 23.4 Å². The Kier molecular flexibility index (Phi) is 6.61. The number of hydrogen-bond acceptors (Lipinski definition) is 3. The number of halogens is 3. The molecule has 148 valence electrons. The molecule has 0 saturated heterocycles. The van der Waals surface area contributed by atoms with Crippen molar-refractivity contribution in [1.29, 1.82) is 0 Å². The number of benzene rings is 1. The summed E-state index contributed by atoms with van der Waals surface area (Å²) in [5, 5.41) is 20.1. The lowest BCUT2D eigenvalue weighted by molar-refractivity contribution is -0.137. The molecule has 1 aliphatic carbocycles. The summed E-state index contributed by atoms with van der Waals surface area (Å²) in [6.07, 6.45) is -0.119. The molecule has 1 aromatic rings. The molecule has 0 spiro atoms. The maximum atomic E-state index is 12.9. The number of anilines is 1. The quantitative estimate of drug-likeness (QED) is 0.757. The van der Waals surface area contributed by atoms with E-state index in [0.717, 1.165) is 37.8 Å². The van der Waals surface area contributed by atoms with Crippen molar-refractivity contribution in [2.24, 2.45) is 5.92 Å². The van der Waals surface area contributed by atoms with Gasteiger partial charge in [0.15, 0.2) is 0 Å². The van der Waals surface area contributed by atoms with E-state index in [1.165, 1.54) is 6.07 Å². The molecule has 0 radical (unpaired) electrons. The molecule has 0 heterocycles. The molecular formula is C20H30F3NO2. The van der Waals surface area contributed by atoms with Crippen molar-refractivity contribution < 1.29 is 23.4 Å². The van der Waals surface area contributed by atoms with Gasteiger partial charge in [-0.2, -0.15) is 13.2 Å². The van der Waals surface area contributed by atoms with Gasteiger partial charge < -0.3 is 15.1 Å². The zero-order valence-corrected chi connectivity index (χ0v) is 15.8. The standard InChI is InChI=1S/C20H30F3NO2/c1-4-19(3,26)15-6-9-17(10-7-15)24(5-2)18-11-8-16(20(21,22)23)12-14(18)13-25/h8,11-12,15,17,25-26H,4-7,9-10,13H2,1-3H3. The summed E-state index contributed by atoms with van der Waals surface area (Å²) < 4.78 is 38.8. The summed E-state index contributed by atoms with van der Waals surface area (Å²) in [6, 6.07) is 3.83. The van der Waals surface area contributed by atoms with E-state index in [4.69, 9.17) is 0 Å². The molecule has 3 nitrogen and oxygen atoms in total. The largest absolute Gasteiger partial charge is 0.416 e. The second-order valence-corrected chi connectivity index (χ2v) is 7.50. The van der Waals surface area contributed by atoms with Crippen molar-refractivity contribution in [2.75, 3.05) is 11.4 Å². The second-order valence-electron chi connectivity index (χ2n) is 7.50. The van der Waals surface area contributed by atoms with Crippen LogP contribution < -0.4 is 4.90 Å². The van der Waals surface area contributed by atoms with Crippen LogP contribution in [-0.4, -0.2) is 28.4 Å². The van der Waals surface area contributed by atoms with E-state index in [-0.39, 0.29) is 12.0 Å². The van der Waals surface area contributed by atoms with Gasteiger partial charge in [-0.3, -0.25) is 0 Å². The Balaban J connectivity index is 2.19. The van der Waals surface area contributed by atoms with Gasteiger partial charge in [0.05, 0.1) is 17.8 Å². The van der Waals surface area contributed by atoms with Crippen LogP contribution in [-0.2, 0) is 12.8 Å². The van der Waals surface area contributed by atoms with Gasteiger partial charge >= 0.3 is 6.18 Å². The Labute approximate surface area is 153 Å². The van der Waals surface area contributed by atoms with Crippen LogP contribution >= 0.6 is 0 Å². The Morgan fingerprint density at radius 1 is 1.12 bits per heavy atom.